The van der Waals surface area contributed by atoms with Crippen molar-refractivity contribution in [3.63, 3.8) is 0 Å². The zero-order valence-corrected chi connectivity index (χ0v) is 10.1. The van der Waals surface area contributed by atoms with Crippen LogP contribution in [-0.2, 0) is 4.79 Å². The smallest absolute Gasteiger partial charge is 0.323 e. The number of likely N-dealkylation sites (tertiary alicyclic amines) is 1. The van der Waals surface area contributed by atoms with Gasteiger partial charge in [-0.05, 0) is 19.4 Å². The van der Waals surface area contributed by atoms with Crippen LogP contribution in [0.25, 0.3) is 0 Å². The van der Waals surface area contributed by atoms with E-state index in [4.69, 9.17) is 5.11 Å². The van der Waals surface area contributed by atoms with Gasteiger partial charge in [0.2, 0.25) is 0 Å². The zero-order valence-electron chi connectivity index (χ0n) is 10.1. The van der Waals surface area contributed by atoms with E-state index in [0.717, 1.165) is 19.4 Å². The lowest BCUT2D eigenvalue weighted by atomic mass is 10.1. The van der Waals surface area contributed by atoms with Crippen LogP contribution < -0.4 is 0 Å². The van der Waals surface area contributed by atoms with E-state index < -0.39 is 18.1 Å². The van der Waals surface area contributed by atoms with Gasteiger partial charge in [0.15, 0.2) is 0 Å². The number of aliphatic hydroxyl groups excluding tert-OH is 1. The molecule has 0 amide bonds. The van der Waals surface area contributed by atoms with Gasteiger partial charge in [0.1, 0.15) is 6.04 Å². The van der Waals surface area contributed by atoms with Gasteiger partial charge in [-0.25, -0.2) is 0 Å². The average molecular weight is 229 g/mol. The highest BCUT2D eigenvalue weighted by Gasteiger charge is 2.37. The minimum atomic E-state index is -0.890. The van der Waals surface area contributed by atoms with Crippen LogP contribution in [0.1, 0.15) is 45.4 Å². The van der Waals surface area contributed by atoms with Crippen LogP contribution in [0.2, 0.25) is 0 Å². The molecule has 4 heteroatoms. The number of aliphatic carboxylic acids is 1. The predicted octanol–water partition coefficient (Wildman–Crippen LogP) is 1.48. The third kappa shape index (κ3) is 3.76. The highest BCUT2D eigenvalue weighted by atomic mass is 16.4. The summed E-state index contributed by atoms with van der Waals surface area (Å²) in [6.45, 7) is 3.70. The molecule has 1 rings (SSSR count). The van der Waals surface area contributed by atoms with Crippen molar-refractivity contribution in [2.75, 3.05) is 13.1 Å². The number of aliphatic hydroxyl groups is 1. The molecular weight excluding hydrogens is 206 g/mol. The Hall–Kier alpha value is -0.610. The van der Waals surface area contributed by atoms with Gasteiger partial charge in [0, 0.05) is 6.54 Å². The predicted molar refractivity (Wildman–Crippen MR) is 62.4 cm³/mol. The Labute approximate surface area is 97.3 Å². The molecule has 1 aliphatic heterocycles. The Bertz CT molecular complexity index is 220. The standard InChI is InChI=1S/C12H23NO3/c1-2-3-4-5-6-8-13-9-7-10(14)11(13)12(15)16/h10-11,14H,2-9H2,1H3,(H,15,16)/t10?,11-/m0/s1. The van der Waals surface area contributed by atoms with Crippen molar-refractivity contribution in [3.05, 3.63) is 0 Å². The lowest BCUT2D eigenvalue weighted by Crippen LogP contribution is -2.42. The number of carboxylic acid groups (broad SMARTS) is 1. The van der Waals surface area contributed by atoms with E-state index in [0.29, 0.717) is 13.0 Å². The maximum atomic E-state index is 11.0. The van der Waals surface area contributed by atoms with Gasteiger partial charge < -0.3 is 10.2 Å². The van der Waals surface area contributed by atoms with E-state index in [1.54, 1.807) is 0 Å². The Morgan fingerprint density at radius 3 is 2.62 bits per heavy atom. The summed E-state index contributed by atoms with van der Waals surface area (Å²) >= 11 is 0. The van der Waals surface area contributed by atoms with Gasteiger partial charge in [-0.2, -0.15) is 0 Å². The molecule has 2 N–H and O–H groups in total. The molecule has 0 aromatic heterocycles. The van der Waals surface area contributed by atoms with Crippen LogP contribution in [0.3, 0.4) is 0 Å². The molecule has 1 heterocycles. The van der Waals surface area contributed by atoms with Crippen molar-refractivity contribution < 1.29 is 15.0 Å². The molecule has 4 nitrogen and oxygen atoms in total. The molecular formula is C12H23NO3. The lowest BCUT2D eigenvalue weighted by Gasteiger charge is -2.22. The van der Waals surface area contributed by atoms with Crippen LogP contribution in [0.4, 0.5) is 0 Å². The molecule has 0 spiro atoms. The molecule has 0 radical (unpaired) electrons. The second kappa shape index (κ2) is 6.86. The summed E-state index contributed by atoms with van der Waals surface area (Å²) < 4.78 is 0. The van der Waals surface area contributed by atoms with Gasteiger partial charge in [-0.15, -0.1) is 0 Å². The first-order chi connectivity index (χ1) is 7.66. The second-order valence-electron chi connectivity index (χ2n) is 4.59. The van der Waals surface area contributed by atoms with Crippen LogP contribution in [0.5, 0.6) is 0 Å². The van der Waals surface area contributed by atoms with E-state index >= 15 is 0 Å². The average Bonchev–Trinajstić information content (AvgIpc) is 2.59. The fraction of sp³-hybridized carbons (Fsp3) is 0.917. The third-order valence-corrected chi connectivity index (χ3v) is 3.27. The SMILES string of the molecule is CCCCCCCN1CCC(O)[C@H]1C(=O)O. The minimum absolute atomic E-state index is 0.589. The molecule has 1 unspecified atom stereocenters. The summed E-state index contributed by atoms with van der Waals surface area (Å²) in [7, 11) is 0. The minimum Gasteiger partial charge on any atom is -0.480 e. The van der Waals surface area contributed by atoms with Gasteiger partial charge >= 0.3 is 5.97 Å². The molecule has 1 aliphatic rings. The molecule has 16 heavy (non-hydrogen) atoms. The van der Waals surface area contributed by atoms with Crippen molar-refractivity contribution in [1.82, 2.24) is 4.90 Å². The van der Waals surface area contributed by atoms with Crippen molar-refractivity contribution in [2.24, 2.45) is 0 Å². The molecule has 2 atom stereocenters. The topological polar surface area (TPSA) is 60.8 Å². The van der Waals surface area contributed by atoms with Crippen LogP contribution in [0.15, 0.2) is 0 Å². The lowest BCUT2D eigenvalue weighted by molar-refractivity contribution is -0.145. The third-order valence-electron chi connectivity index (χ3n) is 3.27. The van der Waals surface area contributed by atoms with E-state index in [2.05, 4.69) is 6.92 Å². The number of carboxylic acids is 1. The molecule has 1 fully saturated rings. The van der Waals surface area contributed by atoms with Gasteiger partial charge in [-0.1, -0.05) is 32.6 Å². The molecule has 0 saturated carbocycles. The Morgan fingerprint density at radius 1 is 1.31 bits per heavy atom. The van der Waals surface area contributed by atoms with E-state index in [-0.39, 0.29) is 0 Å². The number of unbranched alkanes of at least 4 members (excludes halogenated alkanes) is 4. The fourth-order valence-corrected chi connectivity index (χ4v) is 2.33. The van der Waals surface area contributed by atoms with Crippen LogP contribution >= 0.6 is 0 Å². The maximum absolute atomic E-state index is 11.0. The Kier molecular flexibility index (Phi) is 5.77. The van der Waals surface area contributed by atoms with Crippen LogP contribution in [0, 0.1) is 0 Å². The molecule has 94 valence electrons. The number of carbonyl (C=O) groups is 1. The molecule has 1 saturated heterocycles. The normalized spacial score (nSPS) is 26.1. The van der Waals surface area contributed by atoms with E-state index in [9.17, 15) is 9.90 Å². The summed E-state index contributed by atoms with van der Waals surface area (Å²) in [4.78, 5) is 12.9. The highest BCUT2D eigenvalue weighted by Crippen LogP contribution is 2.19. The van der Waals surface area contributed by atoms with Gasteiger partial charge in [0.05, 0.1) is 6.10 Å². The summed E-state index contributed by atoms with van der Waals surface area (Å²) in [5.41, 5.74) is 0. The number of hydrogen-bond acceptors (Lipinski definition) is 3. The molecule has 0 aromatic carbocycles. The first kappa shape index (κ1) is 13.5. The first-order valence-corrected chi connectivity index (χ1v) is 6.31. The zero-order chi connectivity index (χ0) is 12.0. The summed E-state index contributed by atoms with van der Waals surface area (Å²) in [6, 6.07) is -0.675. The largest absolute Gasteiger partial charge is 0.480 e. The van der Waals surface area contributed by atoms with Crippen LogP contribution in [-0.4, -0.2) is 46.3 Å². The highest BCUT2D eigenvalue weighted by molar-refractivity contribution is 5.74. The van der Waals surface area contributed by atoms with Crippen molar-refractivity contribution >= 4 is 5.97 Å². The fourth-order valence-electron chi connectivity index (χ4n) is 2.33. The quantitative estimate of drug-likeness (QED) is 0.649. The monoisotopic (exact) mass is 229 g/mol. The summed E-state index contributed by atoms with van der Waals surface area (Å²) in [5.74, 6) is -0.890. The number of hydrogen-bond donors (Lipinski definition) is 2. The van der Waals surface area contributed by atoms with E-state index in [1.807, 2.05) is 4.90 Å². The first-order valence-electron chi connectivity index (χ1n) is 6.31. The second-order valence-corrected chi connectivity index (χ2v) is 4.59. The maximum Gasteiger partial charge on any atom is 0.323 e. The summed E-state index contributed by atoms with van der Waals surface area (Å²) in [5, 5.41) is 18.5. The molecule has 0 aromatic rings. The molecule has 0 bridgehead atoms. The number of rotatable bonds is 7. The van der Waals surface area contributed by atoms with E-state index in [1.165, 1.54) is 19.3 Å². The van der Waals surface area contributed by atoms with Gasteiger partial charge in [0.25, 0.3) is 0 Å². The Morgan fingerprint density at radius 2 is 2.00 bits per heavy atom. The number of nitrogens with zero attached hydrogens (tertiary/aromatic N) is 1. The Balaban J connectivity index is 2.23. The molecule has 0 aliphatic carbocycles. The van der Waals surface area contributed by atoms with Crippen molar-refractivity contribution in [2.45, 2.75) is 57.6 Å². The summed E-state index contributed by atoms with van der Waals surface area (Å²) in [6.07, 6.45) is 5.80. The van der Waals surface area contributed by atoms with Crippen molar-refractivity contribution in [3.8, 4) is 0 Å². The van der Waals surface area contributed by atoms with Gasteiger partial charge in [-0.3, -0.25) is 9.69 Å². The van der Waals surface area contributed by atoms with Crippen molar-refractivity contribution in [1.29, 1.82) is 0 Å².